The van der Waals surface area contributed by atoms with E-state index in [1.54, 1.807) is 6.08 Å². The molecule has 2 aliphatic rings. The lowest BCUT2D eigenvalue weighted by Gasteiger charge is -2.57. The average molecular weight is 222 g/mol. The standard InChI is InChI=1S/C15H26O/c1-6-15(16)10-9-13(4)11(2)7-8-14(13,5)12(15)3/h6,11-12,16H,1,7-10H2,2-5H3. The van der Waals surface area contributed by atoms with E-state index in [1.165, 1.54) is 12.8 Å². The largest absolute Gasteiger partial charge is 0.386 e. The zero-order valence-corrected chi connectivity index (χ0v) is 11.2. The van der Waals surface area contributed by atoms with Crippen LogP contribution in [0, 0.1) is 22.7 Å². The van der Waals surface area contributed by atoms with Crippen molar-refractivity contribution in [1.29, 1.82) is 0 Å². The Morgan fingerprint density at radius 3 is 2.31 bits per heavy atom. The van der Waals surface area contributed by atoms with Crippen LogP contribution in [0.1, 0.15) is 53.4 Å². The van der Waals surface area contributed by atoms with Crippen molar-refractivity contribution < 1.29 is 5.11 Å². The Balaban J connectivity index is 2.42. The Labute approximate surface area is 99.9 Å². The SMILES string of the molecule is C=CC1(O)CCC2(C)C(C)CCC2(C)C1C. The van der Waals surface area contributed by atoms with Crippen molar-refractivity contribution >= 4 is 0 Å². The summed E-state index contributed by atoms with van der Waals surface area (Å²) in [6.07, 6.45) is 6.36. The van der Waals surface area contributed by atoms with E-state index in [9.17, 15) is 5.11 Å². The van der Waals surface area contributed by atoms with Gasteiger partial charge in [-0.2, -0.15) is 0 Å². The number of aliphatic hydroxyl groups is 1. The third-order valence-electron chi connectivity index (χ3n) is 6.59. The first-order valence-corrected chi connectivity index (χ1v) is 6.66. The molecule has 0 aromatic heterocycles. The van der Waals surface area contributed by atoms with Gasteiger partial charge in [-0.05, 0) is 48.3 Å². The first-order valence-electron chi connectivity index (χ1n) is 6.66. The first kappa shape index (κ1) is 12.2. The fourth-order valence-electron chi connectivity index (χ4n) is 4.43. The van der Waals surface area contributed by atoms with Gasteiger partial charge in [-0.1, -0.05) is 33.8 Å². The van der Waals surface area contributed by atoms with Gasteiger partial charge in [-0.15, -0.1) is 6.58 Å². The van der Waals surface area contributed by atoms with Crippen LogP contribution >= 0.6 is 0 Å². The summed E-state index contributed by atoms with van der Waals surface area (Å²) >= 11 is 0. The minimum atomic E-state index is -0.641. The van der Waals surface area contributed by atoms with Gasteiger partial charge in [0.25, 0.3) is 0 Å². The van der Waals surface area contributed by atoms with Crippen LogP contribution in [0.25, 0.3) is 0 Å². The molecule has 0 bridgehead atoms. The molecule has 1 N–H and O–H groups in total. The third-order valence-corrected chi connectivity index (χ3v) is 6.59. The van der Waals surface area contributed by atoms with Crippen LogP contribution in [-0.4, -0.2) is 10.7 Å². The summed E-state index contributed by atoms with van der Waals surface area (Å²) < 4.78 is 0. The van der Waals surface area contributed by atoms with Gasteiger partial charge in [0, 0.05) is 0 Å². The van der Waals surface area contributed by atoms with E-state index in [0.29, 0.717) is 11.3 Å². The highest BCUT2D eigenvalue weighted by atomic mass is 16.3. The smallest absolute Gasteiger partial charge is 0.0856 e. The van der Waals surface area contributed by atoms with Crippen LogP contribution in [0.2, 0.25) is 0 Å². The van der Waals surface area contributed by atoms with Crippen molar-refractivity contribution in [2.75, 3.05) is 0 Å². The fraction of sp³-hybridized carbons (Fsp3) is 0.867. The Morgan fingerprint density at radius 1 is 1.12 bits per heavy atom. The molecule has 0 amide bonds. The Morgan fingerprint density at radius 2 is 1.75 bits per heavy atom. The van der Waals surface area contributed by atoms with Crippen molar-refractivity contribution in [3.05, 3.63) is 12.7 Å². The van der Waals surface area contributed by atoms with Gasteiger partial charge in [-0.3, -0.25) is 0 Å². The number of rotatable bonds is 1. The Hall–Kier alpha value is -0.300. The molecule has 92 valence electrons. The predicted octanol–water partition coefficient (Wildman–Crippen LogP) is 3.78. The van der Waals surface area contributed by atoms with E-state index in [2.05, 4.69) is 34.3 Å². The summed E-state index contributed by atoms with van der Waals surface area (Å²) in [4.78, 5) is 0. The fourth-order valence-corrected chi connectivity index (χ4v) is 4.43. The molecular formula is C15H26O. The summed E-state index contributed by atoms with van der Waals surface area (Å²) in [5.41, 5.74) is 0.0353. The maximum Gasteiger partial charge on any atom is 0.0856 e. The van der Waals surface area contributed by atoms with Crippen LogP contribution < -0.4 is 0 Å². The molecule has 5 unspecified atom stereocenters. The first-order chi connectivity index (χ1) is 7.30. The van der Waals surface area contributed by atoms with Crippen molar-refractivity contribution in [2.45, 2.75) is 59.0 Å². The molecule has 5 atom stereocenters. The summed E-state index contributed by atoms with van der Waals surface area (Å²) in [7, 11) is 0. The maximum atomic E-state index is 10.6. The maximum absolute atomic E-state index is 10.6. The zero-order chi connectivity index (χ0) is 12.2. The molecule has 0 aromatic carbocycles. The van der Waals surface area contributed by atoms with E-state index in [1.807, 2.05) is 0 Å². The lowest BCUT2D eigenvalue weighted by molar-refractivity contribution is -0.130. The van der Waals surface area contributed by atoms with Gasteiger partial charge < -0.3 is 5.11 Å². The van der Waals surface area contributed by atoms with E-state index in [-0.39, 0.29) is 5.41 Å². The van der Waals surface area contributed by atoms with Gasteiger partial charge in [0.15, 0.2) is 0 Å². The zero-order valence-electron chi connectivity index (χ0n) is 11.2. The van der Waals surface area contributed by atoms with Crippen LogP contribution in [0.5, 0.6) is 0 Å². The van der Waals surface area contributed by atoms with Crippen LogP contribution in [0.3, 0.4) is 0 Å². The van der Waals surface area contributed by atoms with Gasteiger partial charge in [-0.25, -0.2) is 0 Å². The van der Waals surface area contributed by atoms with Crippen molar-refractivity contribution in [3.63, 3.8) is 0 Å². The summed E-state index contributed by atoms with van der Waals surface area (Å²) in [6.45, 7) is 13.3. The van der Waals surface area contributed by atoms with Gasteiger partial charge in [0.1, 0.15) is 0 Å². The van der Waals surface area contributed by atoms with Crippen molar-refractivity contribution in [1.82, 2.24) is 0 Å². The number of hydrogen-bond donors (Lipinski definition) is 1. The Kier molecular flexibility index (Phi) is 2.55. The Bertz CT molecular complexity index is 311. The van der Waals surface area contributed by atoms with E-state index >= 15 is 0 Å². The molecule has 0 saturated heterocycles. The van der Waals surface area contributed by atoms with E-state index < -0.39 is 5.60 Å². The highest BCUT2D eigenvalue weighted by Crippen LogP contribution is 2.67. The predicted molar refractivity (Wildman–Crippen MR) is 68.2 cm³/mol. The molecule has 0 aliphatic heterocycles. The van der Waals surface area contributed by atoms with Crippen molar-refractivity contribution in [3.8, 4) is 0 Å². The summed E-state index contributed by atoms with van der Waals surface area (Å²) in [6, 6.07) is 0. The van der Waals surface area contributed by atoms with Gasteiger partial charge in [0.05, 0.1) is 5.60 Å². The minimum Gasteiger partial charge on any atom is -0.386 e. The van der Waals surface area contributed by atoms with Crippen molar-refractivity contribution in [2.24, 2.45) is 22.7 Å². The molecule has 2 saturated carbocycles. The molecule has 0 aromatic rings. The highest BCUT2D eigenvalue weighted by Gasteiger charge is 2.61. The van der Waals surface area contributed by atoms with Gasteiger partial charge in [0.2, 0.25) is 0 Å². The normalized spacial score (nSPS) is 57.1. The molecule has 2 fully saturated rings. The molecule has 0 heterocycles. The molecule has 0 spiro atoms. The molecule has 0 radical (unpaired) electrons. The second kappa shape index (κ2) is 3.35. The van der Waals surface area contributed by atoms with E-state index in [4.69, 9.17) is 0 Å². The average Bonchev–Trinajstić information content (AvgIpc) is 2.51. The second-order valence-corrected chi connectivity index (χ2v) is 6.69. The lowest BCUT2D eigenvalue weighted by atomic mass is 9.49. The molecule has 1 heteroatoms. The van der Waals surface area contributed by atoms with Crippen LogP contribution in [0.4, 0.5) is 0 Å². The monoisotopic (exact) mass is 222 g/mol. The molecule has 2 rings (SSSR count). The number of fused-ring (bicyclic) bond motifs is 1. The molecule has 2 aliphatic carbocycles. The molecular weight excluding hydrogens is 196 g/mol. The van der Waals surface area contributed by atoms with Crippen LogP contribution in [0.15, 0.2) is 12.7 Å². The quantitative estimate of drug-likeness (QED) is 0.669. The summed E-state index contributed by atoms with van der Waals surface area (Å²) in [5.74, 6) is 1.11. The number of hydrogen-bond acceptors (Lipinski definition) is 1. The molecule has 1 nitrogen and oxygen atoms in total. The van der Waals surface area contributed by atoms with Crippen LogP contribution in [-0.2, 0) is 0 Å². The molecule has 16 heavy (non-hydrogen) atoms. The van der Waals surface area contributed by atoms with E-state index in [0.717, 1.165) is 18.8 Å². The second-order valence-electron chi connectivity index (χ2n) is 6.69. The van der Waals surface area contributed by atoms with Gasteiger partial charge >= 0.3 is 0 Å². The lowest BCUT2D eigenvalue weighted by Crippen LogP contribution is -2.55. The summed E-state index contributed by atoms with van der Waals surface area (Å²) in [5, 5.41) is 10.6. The highest BCUT2D eigenvalue weighted by molar-refractivity contribution is 5.16. The third kappa shape index (κ3) is 1.21. The minimum absolute atomic E-state index is 0.271. The topological polar surface area (TPSA) is 20.2 Å².